The Morgan fingerprint density at radius 2 is 1.63 bits per heavy atom. The van der Waals surface area contributed by atoms with E-state index in [-0.39, 0.29) is 30.7 Å². The van der Waals surface area contributed by atoms with Crippen LogP contribution in [0.25, 0.3) is 0 Å². The Morgan fingerprint density at radius 3 is 2.17 bits per heavy atom. The van der Waals surface area contributed by atoms with E-state index in [9.17, 15) is 31.1 Å². The van der Waals surface area contributed by atoms with Crippen molar-refractivity contribution in [3.8, 4) is 0 Å². The maximum absolute atomic E-state index is 13.2. The van der Waals surface area contributed by atoms with Gasteiger partial charge in [0.2, 0.25) is 0 Å². The molecule has 35 heavy (non-hydrogen) atoms. The van der Waals surface area contributed by atoms with Gasteiger partial charge in [0.25, 0.3) is 0 Å². The first-order valence-electron chi connectivity index (χ1n) is 10.4. The number of carbonyl (C=O) groups is 1. The number of carboxylic acid groups (broad SMARTS) is 1. The molecule has 2 aromatic rings. The molecule has 0 radical (unpaired) electrons. The average molecular weight is 528 g/mol. The minimum atomic E-state index is -4.94. The zero-order valence-electron chi connectivity index (χ0n) is 18.2. The fourth-order valence-corrected chi connectivity index (χ4v) is 3.98. The van der Waals surface area contributed by atoms with Gasteiger partial charge in [-0.25, -0.2) is 10.2 Å². The van der Waals surface area contributed by atoms with Gasteiger partial charge in [-0.1, -0.05) is 30.3 Å². The van der Waals surface area contributed by atoms with E-state index in [1.807, 2.05) is 22.5 Å². The maximum atomic E-state index is 13.2. The second-order valence-electron chi connectivity index (χ2n) is 7.84. The molecule has 1 saturated heterocycles. The summed E-state index contributed by atoms with van der Waals surface area (Å²) in [7, 11) is 0. The topological polar surface area (TPSA) is 73.8 Å². The number of alkyl halides is 6. The summed E-state index contributed by atoms with van der Waals surface area (Å²) in [6, 6.07) is 10.1. The number of amides is 1. The van der Waals surface area contributed by atoms with E-state index >= 15 is 0 Å². The molecule has 13 heteroatoms. The van der Waals surface area contributed by atoms with E-state index in [4.69, 9.17) is 9.84 Å². The molecule has 0 spiro atoms. The summed E-state index contributed by atoms with van der Waals surface area (Å²) < 4.78 is 84.9. The van der Waals surface area contributed by atoms with Crippen LogP contribution in [0.5, 0.6) is 0 Å². The number of nitrogens with one attached hydrogen (secondary N) is 2. The lowest BCUT2D eigenvalue weighted by molar-refractivity contribution is -0.143. The SMILES string of the molecule is Cl.O=C(O)NNCN1CCC[C@H](OCc2cc(C(F)(F)F)cc(C(F)(F)F)c2)[C@@H]1c1ccccc1. The lowest BCUT2D eigenvalue weighted by Crippen LogP contribution is -2.50. The number of ether oxygens (including phenoxy) is 1. The van der Waals surface area contributed by atoms with Crippen molar-refractivity contribution < 1.29 is 41.0 Å². The van der Waals surface area contributed by atoms with Gasteiger partial charge in [0, 0.05) is 6.54 Å². The number of hydrogen-bond acceptors (Lipinski definition) is 4. The number of likely N-dealkylation sites (tertiary alicyclic amines) is 1. The molecule has 0 aliphatic carbocycles. The molecule has 2 aromatic carbocycles. The van der Waals surface area contributed by atoms with Crippen LogP contribution in [-0.4, -0.2) is 35.4 Å². The number of hydrazine groups is 1. The summed E-state index contributed by atoms with van der Waals surface area (Å²) in [4.78, 5) is 12.6. The summed E-state index contributed by atoms with van der Waals surface area (Å²) in [6.45, 7) is 0.249. The van der Waals surface area contributed by atoms with Crippen LogP contribution in [0.2, 0.25) is 0 Å². The van der Waals surface area contributed by atoms with Crippen LogP contribution in [0, 0.1) is 0 Å². The molecule has 0 bridgehead atoms. The lowest BCUT2D eigenvalue weighted by Gasteiger charge is -2.41. The van der Waals surface area contributed by atoms with Crippen molar-refractivity contribution in [1.29, 1.82) is 0 Å². The summed E-state index contributed by atoms with van der Waals surface area (Å²) >= 11 is 0. The molecule has 1 aliphatic rings. The minimum absolute atomic E-state index is 0. The predicted octanol–water partition coefficient (Wildman–Crippen LogP) is 5.60. The Hall–Kier alpha value is -2.54. The van der Waals surface area contributed by atoms with Crippen molar-refractivity contribution in [2.75, 3.05) is 13.2 Å². The van der Waals surface area contributed by atoms with Crippen LogP contribution < -0.4 is 10.9 Å². The first kappa shape index (κ1) is 28.7. The molecule has 194 valence electrons. The van der Waals surface area contributed by atoms with Crippen LogP contribution in [-0.2, 0) is 23.7 Å². The van der Waals surface area contributed by atoms with E-state index in [2.05, 4.69) is 5.43 Å². The molecule has 6 nitrogen and oxygen atoms in total. The normalized spacial score (nSPS) is 19.1. The molecule has 3 N–H and O–H groups in total. The van der Waals surface area contributed by atoms with Crippen molar-refractivity contribution in [3.05, 3.63) is 70.8 Å². The zero-order chi connectivity index (χ0) is 24.9. The number of hydrogen-bond donors (Lipinski definition) is 3. The first-order chi connectivity index (χ1) is 15.9. The smallest absolute Gasteiger partial charge is 0.419 e. The minimum Gasteiger partial charge on any atom is -0.464 e. The van der Waals surface area contributed by atoms with E-state index in [1.165, 1.54) is 0 Å². The van der Waals surface area contributed by atoms with Gasteiger partial charge in [-0.15, -0.1) is 12.4 Å². The van der Waals surface area contributed by atoms with Gasteiger partial charge in [0.05, 0.1) is 36.5 Å². The van der Waals surface area contributed by atoms with Crippen molar-refractivity contribution in [2.45, 2.75) is 43.9 Å². The van der Waals surface area contributed by atoms with Gasteiger partial charge in [-0.2, -0.15) is 26.3 Å². The summed E-state index contributed by atoms with van der Waals surface area (Å²) in [5.41, 5.74) is 2.41. The lowest BCUT2D eigenvalue weighted by atomic mass is 9.92. The largest absolute Gasteiger partial charge is 0.464 e. The Kier molecular flexibility index (Phi) is 9.78. The second kappa shape index (κ2) is 11.9. The number of halogens is 7. The van der Waals surface area contributed by atoms with Crippen LogP contribution in [0.3, 0.4) is 0 Å². The van der Waals surface area contributed by atoms with Gasteiger partial charge in [0.15, 0.2) is 0 Å². The highest BCUT2D eigenvalue weighted by Crippen LogP contribution is 2.37. The van der Waals surface area contributed by atoms with Crippen molar-refractivity contribution in [1.82, 2.24) is 15.8 Å². The highest BCUT2D eigenvalue weighted by molar-refractivity contribution is 5.85. The third-order valence-electron chi connectivity index (χ3n) is 5.41. The van der Waals surface area contributed by atoms with E-state index < -0.39 is 48.3 Å². The maximum Gasteiger partial charge on any atom is 0.419 e. The third kappa shape index (κ3) is 7.99. The summed E-state index contributed by atoms with van der Waals surface area (Å²) in [5, 5.41) is 8.77. The van der Waals surface area contributed by atoms with Gasteiger partial charge in [0.1, 0.15) is 0 Å². The van der Waals surface area contributed by atoms with Gasteiger partial charge < -0.3 is 9.84 Å². The first-order valence-corrected chi connectivity index (χ1v) is 10.4. The standard InChI is InChI=1S/C22H23F6N3O3.ClH/c23-21(24,25)16-9-14(10-17(11-16)22(26,27)28)12-34-18-7-4-8-31(13-29-30-20(32)33)19(18)15-5-2-1-3-6-15;/h1-3,5-6,9-11,18-19,29-30H,4,7-8,12-13H2,(H,32,33);1H/t18-,19-;/m0./s1. The molecular formula is C22H24ClF6N3O3. The molecule has 0 saturated carbocycles. The fourth-order valence-electron chi connectivity index (χ4n) is 3.98. The van der Waals surface area contributed by atoms with E-state index in [1.54, 1.807) is 18.2 Å². The monoisotopic (exact) mass is 527 g/mol. The van der Waals surface area contributed by atoms with Crippen LogP contribution >= 0.6 is 12.4 Å². The number of nitrogens with zero attached hydrogens (tertiary/aromatic N) is 1. The number of piperidine rings is 1. The molecule has 1 fully saturated rings. The quantitative estimate of drug-likeness (QED) is 0.323. The molecule has 3 rings (SSSR count). The molecule has 2 atom stereocenters. The number of rotatable bonds is 7. The Balaban J connectivity index is 0.00000432. The molecule has 1 aliphatic heterocycles. The number of benzene rings is 2. The van der Waals surface area contributed by atoms with Crippen molar-refractivity contribution in [2.24, 2.45) is 0 Å². The molecular weight excluding hydrogens is 504 g/mol. The van der Waals surface area contributed by atoms with Crippen LogP contribution in [0.15, 0.2) is 48.5 Å². The predicted molar refractivity (Wildman–Crippen MR) is 117 cm³/mol. The molecule has 1 heterocycles. The molecule has 0 unspecified atom stereocenters. The highest BCUT2D eigenvalue weighted by atomic mass is 35.5. The van der Waals surface area contributed by atoms with Gasteiger partial charge >= 0.3 is 18.4 Å². The fraction of sp³-hybridized carbons (Fsp3) is 0.409. The van der Waals surface area contributed by atoms with Crippen molar-refractivity contribution >= 4 is 18.5 Å². The van der Waals surface area contributed by atoms with Crippen LogP contribution in [0.1, 0.15) is 41.1 Å². The second-order valence-corrected chi connectivity index (χ2v) is 7.84. The summed E-state index contributed by atoms with van der Waals surface area (Å²) in [5.74, 6) is 0. The van der Waals surface area contributed by atoms with E-state index in [0.717, 1.165) is 5.56 Å². The van der Waals surface area contributed by atoms with Crippen LogP contribution in [0.4, 0.5) is 31.1 Å². The van der Waals surface area contributed by atoms with E-state index in [0.29, 0.717) is 31.5 Å². The third-order valence-corrected chi connectivity index (χ3v) is 5.41. The Labute approximate surface area is 203 Å². The molecule has 0 aromatic heterocycles. The Morgan fingerprint density at radius 1 is 1.03 bits per heavy atom. The van der Waals surface area contributed by atoms with Gasteiger partial charge in [-0.3, -0.25) is 10.3 Å². The van der Waals surface area contributed by atoms with Gasteiger partial charge in [-0.05, 0) is 42.2 Å². The molecule has 1 amide bonds. The van der Waals surface area contributed by atoms with Crippen molar-refractivity contribution in [3.63, 3.8) is 0 Å². The average Bonchev–Trinajstić information content (AvgIpc) is 2.76. The zero-order valence-corrected chi connectivity index (χ0v) is 19.0. The highest BCUT2D eigenvalue weighted by Gasteiger charge is 2.37. The Bertz CT molecular complexity index is 943. The summed E-state index contributed by atoms with van der Waals surface area (Å²) in [6.07, 6.45) is -10.5.